The summed E-state index contributed by atoms with van der Waals surface area (Å²) in [7, 11) is 1.99. The summed E-state index contributed by atoms with van der Waals surface area (Å²) < 4.78 is 0. The van der Waals surface area contributed by atoms with Crippen molar-refractivity contribution in [2.24, 2.45) is 11.3 Å². The molecule has 3 heteroatoms. The van der Waals surface area contributed by atoms with Gasteiger partial charge in [-0.2, -0.15) is 0 Å². The molecule has 1 amide bonds. The predicted octanol–water partition coefficient (Wildman–Crippen LogP) is 1.68. The molecule has 0 radical (unpaired) electrons. The normalized spacial score (nSPS) is 23.3. The van der Waals surface area contributed by atoms with Gasteiger partial charge >= 0.3 is 0 Å². The third-order valence-electron chi connectivity index (χ3n) is 4.12. The summed E-state index contributed by atoms with van der Waals surface area (Å²) in [4.78, 5) is 11.7. The van der Waals surface area contributed by atoms with Crippen molar-refractivity contribution in [3.63, 3.8) is 0 Å². The third kappa shape index (κ3) is 3.21. The van der Waals surface area contributed by atoms with Crippen LogP contribution in [-0.4, -0.2) is 26.0 Å². The van der Waals surface area contributed by atoms with Crippen molar-refractivity contribution in [3.8, 4) is 0 Å². The van der Waals surface area contributed by atoms with Crippen molar-refractivity contribution in [3.05, 3.63) is 0 Å². The Hall–Kier alpha value is -0.570. The lowest BCUT2D eigenvalue weighted by Crippen LogP contribution is -2.35. The van der Waals surface area contributed by atoms with Crippen LogP contribution in [0.2, 0.25) is 0 Å². The molecule has 0 aliphatic heterocycles. The lowest BCUT2D eigenvalue weighted by molar-refractivity contribution is -0.122. The minimum atomic E-state index is 0.272. The molecule has 2 N–H and O–H groups in total. The smallest absolute Gasteiger partial charge is 0.220 e. The Bertz CT molecular complexity index is 242. The SMILES string of the molecule is CNCC1(CNC(=O)CC2CCCC2)CC1. The maximum Gasteiger partial charge on any atom is 0.220 e. The number of hydrogen-bond donors (Lipinski definition) is 2. The van der Waals surface area contributed by atoms with Gasteiger partial charge in [0.1, 0.15) is 0 Å². The standard InChI is InChI=1S/C13H24N2O/c1-14-9-13(6-7-13)10-15-12(16)8-11-4-2-3-5-11/h11,14H,2-10H2,1H3,(H,15,16). The van der Waals surface area contributed by atoms with E-state index in [-0.39, 0.29) is 5.91 Å². The molecular formula is C13H24N2O. The van der Waals surface area contributed by atoms with Crippen LogP contribution >= 0.6 is 0 Å². The molecule has 92 valence electrons. The maximum absolute atomic E-state index is 11.7. The fourth-order valence-electron chi connectivity index (χ4n) is 2.80. The van der Waals surface area contributed by atoms with Crippen molar-refractivity contribution in [2.45, 2.75) is 44.9 Å². The van der Waals surface area contributed by atoms with Crippen molar-refractivity contribution < 1.29 is 4.79 Å². The van der Waals surface area contributed by atoms with Gasteiger partial charge in [-0.05, 0) is 38.6 Å². The predicted molar refractivity (Wildman–Crippen MR) is 65.2 cm³/mol. The average Bonchev–Trinajstić information content (AvgIpc) is 2.83. The molecule has 2 fully saturated rings. The number of nitrogens with one attached hydrogen (secondary N) is 2. The number of carbonyl (C=O) groups excluding carboxylic acids is 1. The summed E-state index contributed by atoms with van der Waals surface area (Å²) in [6.45, 7) is 1.91. The van der Waals surface area contributed by atoms with Crippen molar-refractivity contribution >= 4 is 5.91 Å². The molecule has 2 rings (SSSR count). The molecule has 0 saturated heterocycles. The van der Waals surface area contributed by atoms with Crippen LogP contribution in [0, 0.1) is 11.3 Å². The van der Waals surface area contributed by atoms with Gasteiger partial charge in [0, 0.05) is 24.9 Å². The summed E-state index contributed by atoms with van der Waals surface area (Å²) >= 11 is 0. The third-order valence-corrected chi connectivity index (χ3v) is 4.12. The Morgan fingerprint density at radius 1 is 1.25 bits per heavy atom. The van der Waals surface area contributed by atoms with Gasteiger partial charge in [0.05, 0.1) is 0 Å². The summed E-state index contributed by atoms with van der Waals surface area (Å²) in [6, 6.07) is 0. The van der Waals surface area contributed by atoms with Crippen LogP contribution in [0.25, 0.3) is 0 Å². The second kappa shape index (κ2) is 5.17. The molecule has 3 nitrogen and oxygen atoms in total. The summed E-state index contributed by atoms with van der Waals surface area (Å²) in [5.41, 5.74) is 0.389. The highest BCUT2D eigenvalue weighted by Crippen LogP contribution is 2.44. The second-order valence-electron chi connectivity index (χ2n) is 5.66. The lowest BCUT2D eigenvalue weighted by Gasteiger charge is -2.16. The van der Waals surface area contributed by atoms with Crippen molar-refractivity contribution in [1.29, 1.82) is 0 Å². The van der Waals surface area contributed by atoms with E-state index in [0.717, 1.165) is 19.5 Å². The van der Waals surface area contributed by atoms with E-state index in [4.69, 9.17) is 0 Å². The molecule has 0 unspecified atom stereocenters. The number of hydrogen-bond acceptors (Lipinski definition) is 2. The highest BCUT2D eigenvalue weighted by molar-refractivity contribution is 5.76. The van der Waals surface area contributed by atoms with Crippen LogP contribution in [0.3, 0.4) is 0 Å². The van der Waals surface area contributed by atoms with Crippen molar-refractivity contribution in [2.75, 3.05) is 20.1 Å². The quantitative estimate of drug-likeness (QED) is 0.721. The number of carbonyl (C=O) groups is 1. The van der Waals surface area contributed by atoms with Gasteiger partial charge in [-0.15, -0.1) is 0 Å². The molecule has 2 saturated carbocycles. The average molecular weight is 224 g/mol. The molecule has 2 aliphatic carbocycles. The molecule has 2 aliphatic rings. The fraction of sp³-hybridized carbons (Fsp3) is 0.923. The van der Waals surface area contributed by atoms with E-state index in [1.807, 2.05) is 7.05 Å². The van der Waals surface area contributed by atoms with Crippen LogP contribution in [0.4, 0.5) is 0 Å². The molecule has 0 heterocycles. The Kier molecular flexibility index (Phi) is 3.85. The van der Waals surface area contributed by atoms with Gasteiger partial charge in [-0.3, -0.25) is 4.79 Å². The first-order chi connectivity index (χ1) is 7.74. The zero-order chi connectivity index (χ0) is 11.4. The van der Waals surface area contributed by atoms with E-state index in [1.54, 1.807) is 0 Å². The Morgan fingerprint density at radius 3 is 2.50 bits per heavy atom. The summed E-state index contributed by atoms with van der Waals surface area (Å²) in [5.74, 6) is 0.939. The molecular weight excluding hydrogens is 200 g/mol. The van der Waals surface area contributed by atoms with Gasteiger partial charge < -0.3 is 10.6 Å². The van der Waals surface area contributed by atoms with Gasteiger partial charge in [0.2, 0.25) is 5.91 Å². The monoisotopic (exact) mass is 224 g/mol. The largest absolute Gasteiger partial charge is 0.355 e. The summed E-state index contributed by atoms with van der Waals surface area (Å²) in [5, 5.41) is 6.33. The molecule has 0 aromatic heterocycles. The zero-order valence-electron chi connectivity index (χ0n) is 10.3. The van der Waals surface area contributed by atoms with Crippen LogP contribution in [0.1, 0.15) is 44.9 Å². The zero-order valence-corrected chi connectivity index (χ0v) is 10.3. The van der Waals surface area contributed by atoms with E-state index in [0.29, 0.717) is 11.3 Å². The highest BCUT2D eigenvalue weighted by atomic mass is 16.1. The minimum absolute atomic E-state index is 0.272. The van der Waals surface area contributed by atoms with Gasteiger partial charge in [0.15, 0.2) is 0 Å². The Balaban J connectivity index is 1.63. The van der Waals surface area contributed by atoms with Crippen LogP contribution in [0.15, 0.2) is 0 Å². The van der Waals surface area contributed by atoms with E-state index >= 15 is 0 Å². The number of rotatable bonds is 6. The first kappa shape index (κ1) is 11.9. The van der Waals surface area contributed by atoms with E-state index < -0.39 is 0 Å². The Labute approximate surface area is 98.4 Å². The molecule has 0 atom stereocenters. The van der Waals surface area contributed by atoms with Crippen LogP contribution in [-0.2, 0) is 4.79 Å². The highest BCUT2D eigenvalue weighted by Gasteiger charge is 2.41. The summed E-state index contributed by atoms with van der Waals surface area (Å²) in [6.07, 6.45) is 8.44. The second-order valence-corrected chi connectivity index (χ2v) is 5.66. The molecule has 0 aromatic rings. The topological polar surface area (TPSA) is 41.1 Å². The van der Waals surface area contributed by atoms with Gasteiger partial charge in [-0.25, -0.2) is 0 Å². The molecule has 0 spiro atoms. The van der Waals surface area contributed by atoms with Crippen LogP contribution < -0.4 is 10.6 Å². The first-order valence-electron chi connectivity index (χ1n) is 6.65. The number of amides is 1. The maximum atomic E-state index is 11.7. The first-order valence-corrected chi connectivity index (χ1v) is 6.65. The van der Waals surface area contributed by atoms with E-state index in [9.17, 15) is 4.79 Å². The minimum Gasteiger partial charge on any atom is -0.355 e. The molecule has 0 aromatic carbocycles. The van der Waals surface area contributed by atoms with E-state index in [2.05, 4.69) is 10.6 Å². The van der Waals surface area contributed by atoms with E-state index in [1.165, 1.54) is 38.5 Å². The van der Waals surface area contributed by atoms with Crippen molar-refractivity contribution in [1.82, 2.24) is 10.6 Å². The molecule has 16 heavy (non-hydrogen) atoms. The van der Waals surface area contributed by atoms with Crippen LogP contribution in [0.5, 0.6) is 0 Å². The van der Waals surface area contributed by atoms with Gasteiger partial charge in [-0.1, -0.05) is 12.8 Å². The fourth-order valence-corrected chi connectivity index (χ4v) is 2.80. The molecule has 0 bridgehead atoms. The lowest BCUT2D eigenvalue weighted by atomic mass is 10.0. The Morgan fingerprint density at radius 2 is 1.94 bits per heavy atom. The van der Waals surface area contributed by atoms with Gasteiger partial charge in [0.25, 0.3) is 0 Å².